The Labute approximate surface area is 214 Å². The fourth-order valence-corrected chi connectivity index (χ4v) is 4.52. The van der Waals surface area contributed by atoms with Crippen LogP contribution in [0.5, 0.6) is 0 Å². The van der Waals surface area contributed by atoms with Crippen molar-refractivity contribution < 1.29 is 9.53 Å². The van der Waals surface area contributed by atoms with Gasteiger partial charge in [0.25, 0.3) is 5.56 Å². The topological polar surface area (TPSA) is 139 Å². The molecule has 3 N–H and O–H groups in total. The Morgan fingerprint density at radius 1 is 1.14 bits per heavy atom. The van der Waals surface area contributed by atoms with Gasteiger partial charge in [0.2, 0.25) is 5.95 Å². The van der Waals surface area contributed by atoms with Gasteiger partial charge in [0.05, 0.1) is 19.4 Å². The summed E-state index contributed by atoms with van der Waals surface area (Å²) >= 11 is 0. The molecule has 12 heteroatoms. The van der Waals surface area contributed by atoms with E-state index >= 15 is 0 Å². The average Bonchev–Trinajstić information content (AvgIpc) is 3.64. The van der Waals surface area contributed by atoms with Crippen molar-refractivity contribution in [3.05, 3.63) is 40.2 Å². The molecular weight excluding hydrogens is 474 g/mol. The molecule has 3 aromatic heterocycles. The van der Waals surface area contributed by atoms with Crippen LogP contribution in [0.2, 0.25) is 0 Å². The van der Waals surface area contributed by atoms with Crippen LogP contribution in [0.3, 0.4) is 0 Å². The molecule has 2 atom stereocenters. The predicted molar refractivity (Wildman–Crippen MR) is 141 cm³/mol. The summed E-state index contributed by atoms with van der Waals surface area (Å²) in [6, 6.07) is 1.33. The molecule has 1 saturated heterocycles. The quantitative estimate of drug-likeness (QED) is 0.473. The lowest BCUT2D eigenvalue weighted by molar-refractivity contribution is 0.122. The minimum atomic E-state index is -0.353. The summed E-state index contributed by atoms with van der Waals surface area (Å²) in [7, 11) is 3.43. The Bertz CT molecular complexity index is 1390. The molecule has 2 aliphatic rings. The van der Waals surface area contributed by atoms with Crippen LogP contribution in [0.15, 0.2) is 23.3 Å². The third kappa shape index (κ3) is 5.06. The first-order valence-electron chi connectivity index (χ1n) is 12.5. The standard InChI is InChI=1S/C25H33N9O3/c1-25(2,3)22-27-13-18(20(31-22)34-6-8-37-9-7-34)30-24(36)29-17-11-15(17)16-10-14-12-28-23(26-4)32-19(14)33(5)21(16)35/h10,12-13,15,17H,6-9,11H2,1-5H3,(H,26,28,32)(H2,29,30,36). The number of aryl methyl sites for hydroxylation is 1. The van der Waals surface area contributed by atoms with Crippen LogP contribution >= 0.6 is 0 Å². The summed E-state index contributed by atoms with van der Waals surface area (Å²) in [4.78, 5) is 46.1. The van der Waals surface area contributed by atoms with Gasteiger partial charge in [-0.3, -0.25) is 9.36 Å². The molecule has 1 aliphatic heterocycles. The summed E-state index contributed by atoms with van der Waals surface area (Å²) in [5.41, 5.74) is 1.40. The number of anilines is 3. The molecule has 4 heterocycles. The number of carbonyl (C=O) groups is 1. The highest BCUT2D eigenvalue weighted by Gasteiger charge is 2.42. The van der Waals surface area contributed by atoms with Crippen molar-refractivity contribution in [2.45, 2.75) is 44.6 Å². The molecule has 0 spiro atoms. The second-order valence-electron chi connectivity index (χ2n) is 10.5. The Balaban J connectivity index is 1.32. The highest BCUT2D eigenvalue weighted by molar-refractivity contribution is 5.92. The van der Waals surface area contributed by atoms with Gasteiger partial charge in [-0.1, -0.05) is 20.8 Å². The van der Waals surface area contributed by atoms with Crippen molar-refractivity contribution in [2.75, 3.05) is 48.9 Å². The first-order chi connectivity index (χ1) is 17.7. The smallest absolute Gasteiger partial charge is 0.319 e. The molecular formula is C25H33N9O3. The van der Waals surface area contributed by atoms with E-state index in [1.165, 1.54) is 4.57 Å². The first-order valence-corrected chi connectivity index (χ1v) is 12.5. The molecule has 0 aromatic carbocycles. The second-order valence-corrected chi connectivity index (χ2v) is 10.5. The van der Waals surface area contributed by atoms with E-state index in [0.717, 1.165) is 5.39 Å². The molecule has 196 valence electrons. The van der Waals surface area contributed by atoms with Gasteiger partial charge >= 0.3 is 6.03 Å². The number of amides is 2. The van der Waals surface area contributed by atoms with E-state index in [4.69, 9.17) is 9.72 Å². The number of nitrogens with one attached hydrogen (secondary N) is 3. The molecule has 1 aliphatic carbocycles. The van der Waals surface area contributed by atoms with Gasteiger partial charge in [-0.2, -0.15) is 4.98 Å². The number of rotatable bonds is 5. The largest absolute Gasteiger partial charge is 0.378 e. The SMILES string of the molecule is CNc1ncc2cc(C3CC3NC(=O)Nc3cnc(C(C)(C)C)nc3N3CCOCC3)c(=O)n(C)c2n1. The zero-order valence-corrected chi connectivity index (χ0v) is 21.8. The van der Waals surface area contributed by atoms with Gasteiger partial charge in [0, 0.05) is 61.7 Å². The Hall–Kier alpha value is -3.80. The Morgan fingerprint density at radius 3 is 2.59 bits per heavy atom. The summed E-state index contributed by atoms with van der Waals surface area (Å²) in [5, 5.41) is 9.60. The van der Waals surface area contributed by atoms with Crippen molar-refractivity contribution in [1.82, 2.24) is 29.8 Å². The van der Waals surface area contributed by atoms with Gasteiger partial charge in [-0.05, 0) is 12.5 Å². The van der Waals surface area contributed by atoms with Crippen LogP contribution in [0.4, 0.5) is 22.2 Å². The molecule has 1 saturated carbocycles. The molecule has 5 rings (SSSR count). The number of morpholine rings is 1. The summed E-state index contributed by atoms with van der Waals surface area (Å²) in [6.45, 7) is 8.75. The Kier molecular flexibility index (Phi) is 6.44. The molecule has 37 heavy (non-hydrogen) atoms. The van der Waals surface area contributed by atoms with E-state index < -0.39 is 0 Å². The maximum absolute atomic E-state index is 13.0. The monoisotopic (exact) mass is 507 g/mol. The van der Waals surface area contributed by atoms with Crippen LogP contribution < -0.4 is 26.4 Å². The molecule has 0 radical (unpaired) electrons. The lowest BCUT2D eigenvalue weighted by Gasteiger charge is -2.30. The fourth-order valence-electron chi connectivity index (χ4n) is 4.52. The first kappa shape index (κ1) is 24.9. The number of carbonyl (C=O) groups excluding carboxylic acids is 1. The van der Waals surface area contributed by atoms with Crippen molar-refractivity contribution in [2.24, 2.45) is 7.05 Å². The van der Waals surface area contributed by atoms with E-state index in [0.29, 0.717) is 67.2 Å². The van der Waals surface area contributed by atoms with Gasteiger partial charge in [0.1, 0.15) is 17.2 Å². The maximum atomic E-state index is 13.0. The van der Waals surface area contributed by atoms with Crippen molar-refractivity contribution in [3.63, 3.8) is 0 Å². The molecule has 3 aromatic rings. The van der Waals surface area contributed by atoms with E-state index in [2.05, 4.69) is 56.6 Å². The Morgan fingerprint density at radius 2 is 1.89 bits per heavy atom. The number of aromatic nitrogens is 5. The van der Waals surface area contributed by atoms with Crippen molar-refractivity contribution >= 4 is 34.5 Å². The molecule has 12 nitrogen and oxygen atoms in total. The minimum absolute atomic E-state index is 0.0731. The highest BCUT2D eigenvalue weighted by Crippen LogP contribution is 2.40. The number of fused-ring (bicyclic) bond motifs is 1. The number of urea groups is 1. The van der Waals surface area contributed by atoms with E-state index in [1.807, 2.05) is 6.07 Å². The molecule has 2 unspecified atom stereocenters. The number of pyridine rings is 1. The molecule has 2 fully saturated rings. The average molecular weight is 508 g/mol. The molecule has 2 amide bonds. The number of ether oxygens (including phenoxy) is 1. The fraction of sp³-hybridized carbons (Fsp3) is 0.520. The number of hydrogen-bond donors (Lipinski definition) is 3. The third-order valence-electron chi connectivity index (χ3n) is 6.70. The number of nitrogens with zero attached hydrogens (tertiary/aromatic N) is 6. The normalized spacial score (nSPS) is 19.5. The van der Waals surface area contributed by atoms with Gasteiger partial charge < -0.3 is 25.6 Å². The van der Waals surface area contributed by atoms with E-state index in [1.54, 1.807) is 26.5 Å². The maximum Gasteiger partial charge on any atom is 0.319 e. The summed E-state index contributed by atoms with van der Waals surface area (Å²) in [6.07, 6.45) is 4.04. The van der Waals surface area contributed by atoms with Gasteiger partial charge in [0.15, 0.2) is 5.82 Å². The van der Waals surface area contributed by atoms with Gasteiger partial charge in [-0.25, -0.2) is 19.7 Å². The van der Waals surface area contributed by atoms with Crippen LogP contribution in [0.25, 0.3) is 11.0 Å². The predicted octanol–water partition coefficient (Wildman–Crippen LogP) is 1.97. The lowest BCUT2D eigenvalue weighted by Crippen LogP contribution is -2.39. The van der Waals surface area contributed by atoms with Gasteiger partial charge in [-0.15, -0.1) is 0 Å². The highest BCUT2D eigenvalue weighted by atomic mass is 16.5. The van der Waals surface area contributed by atoms with E-state index in [-0.39, 0.29) is 29.0 Å². The van der Waals surface area contributed by atoms with Crippen molar-refractivity contribution in [1.29, 1.82) is 0 Å². The van der Waals surface area contributed by atoms with E-state index in [9.17, 15) is 9.59 Å². The van der Waals surface area contributed by atoms with Crippen LogP contribution in [-0.4, -0.2) is 69.9 Å². The minimum Gasteiger partial charge on any atom is -0.378 e. The number of hydrogen-bond acceptors (Lipinski definition) is 9. The zero-order chi connectivity index (χ0) is 26.3. The summed E-state index contributed by atoms with van der Waals surface area (Å²) in [5.74, 6) is 1.78. The zero-order valence-electron chi connectivity index (χ0n) is 21.8. The summed E-state index contributed by atoms with van der Waals surface area (Å²) < 4.78 is 7.02. The second kappa shape index (κ2) is 9.58. The molecule has 0 bridgehead atoms. The third-order valence-corrected chi connectivity index (χ3v) is 6.70. The van der Waals surface area contributed by atoms with Crippen molar-refractivity contribution in [3.8, 4) is 0 Å². The van der Waals surface area contributed by atoms with Crippen LogP contribution in [-0.2, 0) is 17.2 Å². The van der Waals surface area contributed by atoms with Crippen LogP contribution in [0, 0.1) is 0 Å². The van der Waals surface area contributed by atoms with Crippen LogP contribution in [0.1, 0.15) is 44.5 Å². The lowest BCUT2D eigenvalue weighted by atomic mass is 9.96.